The van der Waals surface area contributed by atoms with E-state index in [1.165, 1.54) is 5.56 Å². The summed E-state index contributed by atoms with van der Waals surface area (Å²) in [6, 6.07) is 10.5. The Morgan fingerprint density at radius 2 is 1.95 bits per heavy atom. The van der Waals surface area contributed by atoms with E-state index in [0.717, 1.165) is 31.2 Å². The number of aliphatic carboxylic acids is 1. The Morgan fingerprint density at radius 3 is 2.69 bits per heavy atom. The molecule has 9 heteroatoms. The minimum atomic E-state index is -0.942. The van der Waals surface area contributed by atoms with Gasteiger partial charge in [0.05, 0.1) is 11.5 Å². The number of carbonyl (C=O) groups is 4. The number of rotatable bonds is 8. The van der Waals surface area contributed by atoms with Crippen LogP contribution < -0.4 is 14.8 Å². The number of carboxylic acid groups (broad SMARTS) is 1. The molecule has 0 aromatic heterocycles. The molecular formula is C30H30N2O7. The van der Waals surface area contributed by atoms with Crippen LogP contribution in [0.3, 0.4) is 0 Å². The van der Waals surface area contributed by atoms with E-state index >= 15 is 0 Å². The van der Waals surface area contributed by atoms with Crippen LogP contribution in [-0.4, -0.2) is 59.9 Å². The summed E-state index contributed by atoms with van der Waals surface area (Å²) in [5.74, 6) is -1.01. The normalized spacial score (nSPS) is 27.7. The molecule has 1 spiro atoms. The van der Waals surface area contributed by atoms with Gasteiger partial charge in [0.2, 0.25) is 5.91 Å². The lowest BCUT2D eigenvalue weighted by Crippen LogP contribution is -2.64. The molecule has 1 saturated heterocycles. The SMILES string of the molecule is CN1CCC23c4c5ccc(OC(=O)c6ccc(NC(=O)CCCC(=O)O)cc6)c4O[C@H]2C(C=O)C=CC3[C@H]1C5. The highest BCUT2D eigenvalue weighted by Crippen LogP contribution is 2.63. The van der Waals surface area contributed by atoms with Crippen molar-refractivity contribution < 1.29 is 33.8 Å². The third-order valence-corrected chi connectivity index (χ3v) is 8.76. The average molecular weight is 531 g/mol. The molecule has 3 unspecified atom stereocenters. The number of benzene rings is 2. The number of anilines is 1. The zero-order valence-corrected chi connectivity index (χ0v) is 21.6. The zero-order valence-electron chi connectivity index (χ0n) is 21.6. The third-order valence-electron chi connectivity index (χ3n) is 8.76. The standard InChI is InChI=1S/C30H30N2O7/c1-32-14-13-30-21-11-7-19(16-33)28(30)39-27-23(12-8-18(26(27)30)15-22(21)32)38-29(37)17-5-9-20(10-6-17)31-24(34)3-2-4-25(35)36/h5-12,16,19,21-22,28H,2-4,13-15H2,1H3,(H,31,34)(H,35,36)/t19?,21?,22-,28+,30?/m1/s1. The number of carbonyl (C=O) groups excluding carboxylic acids is 3. The van der Waals surface area contributed by atoms with Crippen molar-refractivity contribution in [3.63, 3.8) is 0 Å². The van der Waals surface area contributed by atoms with Crippen LogP contribution in [0.25, 0.3) is 0 Å². The number of nitrogens with zero attached hydrogens (tertiary/aromatic N) is 1. The van der Waals surface area contributed by atoms with Gasteiger partial charge in [-0.05, 0) is 68.8 Å². The van der Waals surface area contributed by atoms with E-state index in [1.54, 1.807) is 30.3 Å². The number of hydrogen-bond acceptors (Lipinski definition) is 7. The maximum absolute atomic E-state index is 13.1. The third kappa shape index (κ3) is 4.12. The molecule has 2 N–H and O–H groups in total. The number of carboxylic acids is 1. The summed E-state index contributed by atoms with van der Waals surface area (Å²) < 4.78 is 12.4. The van der Waals surface area contributed by atoms with Crippen LogP contribution in [0.15, 0.2) is 48.6 Å². The number of likely N-dealkylation sites (N-methyl/N-ethyl adjacent to an activating group) is 1. The molecule has 2 aliphatic heterocycles. The van der Waals surface area contributed by atoms with E-state index in [-0.39, 0.29) is 48.5 Å². The fraction of sp³-hybridized carbons (Fsp3) is 0.400. The van der Waals surface area contributed by atoms with Crippen LogP contribution in [0, 0.1) is 11.8 Å². The van der Waals surface area contributed by atoms with E-state index in [4.69, 9.17) is 14.6 Å². The highest BCUT2D eigenvalue weighted by atomic mass is 16.6. The second-order valence-corrected chi connectivity index (χ2v) is 10.9. The lowest BCUT2D eigenvalue weighted by molar-refractivity contribution is -0.137. The largest absolute Gasteiger partial charge is 0.484 e. The number of aldehydes is 1. The number of ether oxygens (including phenoxy) is 2. The number of esters is 1. The van der Waals surface area contributed by atoms with E-state index in [1.807, 2.05) is 12.1 Å². The van der Waals surface area contributed by atoms with Crippen molar-refractivity contribution in [2.75, 3.05) is 18.9 Å². The van der Waals surface area contributed by atoms with Gasteiger partial charge in [0.15, 0.2) is 11.5 Å². The van der Waals surface area contributed by atoms with E-state index in [2.05, 4.69) is 23.3 Å². The molecule has 1 fully saturated rings. The van der Waals surface area contributed by atoms with Gasteiger partial charge in [-0.3, -0.25) is 9.59 Å². The molecule has 9 nitrogen and oxygen atoms in total. The second-order valence-electron chi connectivity index (χ2n) is 10.9. The lowest BCUT2D eigenvalue weighted by Gasteiger charge is -2.56. The first kappa shape index (κ1) is 25.3. The summed E-state index contributed by atoms with van der Waals surface area (Å²) in [5, 5.41) is 11.4. The number of hydrogen-bond donors (Lipinski definition) is 2. The van der Waals surface area contributed by atoms with Gasteiger partial charge in [0, 0.05) is 41.5 Å². The molecule has 4 aliphatic rings. The molecule has 5 atom stereocenters. The average Bonchev–Trinajstić information content (AvgIpc) is 3.27. The van der Waals surface area contributed by atoms with Gasteiger partial charge in [0.1, 0.15) is 12.4 Å². The van der Waals surface area contributed by atoms with Crippen LogP contribution in [0.2, 0.25) is 0 Å². The predicted molar refractivity (Wildman–Crippen MR) is 141 cm³/mol. The number of amides is 1. The van der Waals surface area contributed by atoms with Crippen molar-refractivity contribution in [1.29, 1.82) is 0 Å². The van der Waals surface area contributed by atoms with Crippen LogP contribution in [0.5, 0.6) is 11.5 Å². The second kappa shape index (κ2) is 9.64. The Kier molecular flexibility index (Phi) is 6.26. The molecule has 39 heavy (non-hydrogen) atoms. The summed E-state index contributed by atoms with van der Waals surface area (Å²) in [6.45, 7) is 0.909. The van der Waals surface area contributed by atoms with Crippen molar-refractivity contribution >= 4 is 29.8 Å². The maximum Gasteiger partial charge on any atom is 0.343 e. The number of piperidine rings is 1. The summed E-state index contributed by atoms with van der Waals surface area (Å²) in [4.78, 5) is 50.2. The summed E-state index contributed by atoms with van der Waals surface area (Å²) >= 11 is 0. The molecule has 0 saturated carbocycles. The monoisotopic (exact) mass is 530 g/mol. The van der Waals surface area contributed by atoms with Gasteiger partial charge in [-0.15, -0.1) is 0 Å². The Hall–Kier alpha value is -3.98. The summed E-state index contributed by atoms with van der Waals surface area (Å²) in [6.07, 6.45) is 6.81. The van der Waals surface area contributed by atoms with Crippen LogP contribution in [-0.2, 0) is 26.2 Å². The van der Waals surface area contributed by atoms with Gasteiger partial charge in [0.25, 0.3) is 0 Å². The Balaban J connectivity index is 1.22. The van der Waals surface area contributed by atoms with Crippen molar-refractivity contribution in [1.82, 2.24) is 4.90 Å². The van der Waals surface area contributed by atoms with Gasteiger partial charge in [-0.25, -0.2) is 4.79 Å². The predicted octanol–water partition coefficient (Wildman–Crippen LogP) is 3.36. The fourth-order valence-corrected chi connectivity index (χ4v) is 6.96. The van der Waals surface area contributed by atoms with Gasteiger partial charge >= 0.3 is 11.9 Å². The molecule has 2 aromatic carbocycles. The van der Waals surface area contributed by atoms with Crippen LogP contribution >= 0.6 is 0 Å². The van der Waals surface area contributed by atoms with Crippen LogP contribution in [0.1, 0.15) is 47.2 Å². The fourth-order valence-electron chi connectivity index (χ4n) is 6.96. The molecular weight excluding hydrogens is 500 g/mol. The van der Waals surface area contributed by atoms with Crippen molar-refractivity contribution in [2.45, 2.75) is 49.7 Å². The molecule has 2 aromatic rings. The van der Waals surface area contributed by atoms with Crippen molar-refractivity contribution in [3.05, 3.63) is 65.2 Å². The van der Waals surface area contributed by atoms with E-state index < -0.39 is 11.9 Å². The quantitative estimate of drug-likeness (QED) is 0.231. The van der Waals surface area contributed by atoms with Gasteiger partial charge in [-0.2, -0.15) is 0 Å². The number of nitrogens with one attached hydrogen (secondary N) is 1. The highest BCUT2D eigenvalue weighted by Gasteiger charge is 2.64. The molecule has 202 valence electrons. The molecule has 1 amide bonds. The molecule has 2 aliphatic carbocycles. The Bertz CT molecular complexity index is 1380. The minimum Gasteiger partial charge on any atom is -0.484 e. The summed E-state index contributed by atoms with van der Waals surface area (Å²) in [5.41, 5.74) is 2.77. The summed E-state index contributed by atoms with van der Waals surface area (Å²) in [7, 11) is 2.15. The molecule has 2 bridgehead atoms. The number of likely N-dealkylation sites (tertiary alicyclic amines) is 1. The molecule has 2 heterocycles. The van der Waals surface area contributed by atoms with Crippen molar-refractivity contribution in [3.8, 4) is 11.5 Å². The smallest absolute Gasteiger partial charge is 0.343 e. The first-order valence-corrected chi connectivity index (χ1v) is 13.3. The van der Waals surface area contributed by atoms with Gasteiger partial charge < -0.3 is 29.6 Å². The topological polar surface area (TPSA) is 122 Å². The Labute approximate surface area is 225 Å². The van der Waals surface area contributed by atoms with Gasteiger partial charge in [-0.1, -0.05) is 18.2 Å². The minimum absolute atomic E-state index is 0.0704. The lowest BCUT2D eigenvalue weighted by atomic mass is 9.52. The Morgan fingerprint density at radius 1 is 1.15 bits per heavy atom. The van der Waals surface area contributed by atoms with Crippen molar-refractivity contribution in [2.24, 2.45) is 11.8 Å². The van der Waals surface area contributed by atoms with E-state index in [9.17, 15) is 19.2 Å². The highest BCUT2D eigenvalue weighted by molar-refractivity contribution is 5.94. The van der Waals surface area contributed by atoms with Crippen LogP contribution in [0.4, 0.5) is 5.69 Å². The van der Waals surface area contributed by atoms with E-state index in [0.29, 0.717) is 28.8 Å². The zero-order chi connectivity index (χ0) is 27.3. The first-order chi connectivity index (χ1) is 18.8. The molecule has 0 radical (unpaired) electrons. The first-order valence-electron chi connectivity index (χ1n) is 13.3. The molecule has 6 rings (SSSR count). The maximum atomic E-state index is 13.1.